The van der Waals surface area contributed by atoms with Crippen molar-refractivity contribution in [3.05, 3.63) is 12.4 Å². The van der Waals surface area contributed by atoms with Crippen LogP contribution in [-0.2, 0) is 0 Å². The predicted octanol–water partition coefficient (Wildman–Crippen LogP) is 1.06. The summed E-state index contributed by atoms with van der Waals surface area (Å²) < 4.78 is 0. The molecule has 0 aliphatic carbocycles. The smallest absolute Gasteiger partial charge is 0.146 e. The maximum Gasteiger partial charge on any atom is 0.146 e. The zero-order valence-corrected chi connectivity index (χ0v) is 10.5. The molecule has 0 atom stereocenters. The second kappa shape index (κ2) is 5.12. The summed E-state index contributed by atoms with van der Waals surface area (Å²) in [5.74, 6) is 1.17. The number of anilines is 2. The van der Waals surface area contributed by atoms with Crippen LogP contribution in [0.3, 0.4) is 0 Å². The van der Waals surface area contributed by atoms with Crippen molar-refractivity contribution < 1.29 is 0 Å². The molecule has 0 radical (unpaired) electrons. The Morgan fingerprint density at radius 3 is 2.62 bits per heavy atom. The van der Waals surface area contributed by atoms with Gasteiger partial charge in [-0.25, -0.2) is 4.98 Å². The molecule has 0 aliphatic heterocycles. The SMILES string of the molecule is CN(C)CC(C)(C)CNc1cncc(N)n1. The summed E-state index contributed by atoms with van der Waals surface area (Å²) in [4.78, 5) is 10.3. The maximum atomic E-state index is 5.56. The quantitative estimate of drug-likeness (QED) is 0.781. The van der Waals surface area contributed by atoms with Crippen molar-refractivity contribution in [1.82, 2.24) is 14.9 Å². The van der Waals surface area contributed by atoms with Crippen molar-refractivity contribution in [3.8, 4) is 0 Å². The number of hydrogen-bond donors (Lipinski definition) is 2. The van der Waals surface area contributed by atoms with E-state index >= 15 is 0 Å². The molecular weight excluding hydrogens is 202 g/mol. The van der Waals surface area contributed by atoms with Crippen molar-refractivity contribution in [3.63, 3.8) is 0 Å². The van der Waals surface area contributed by atoms with Crippen LogP contribution in [0, 0.1) is 5.41 Å². The topological polar surface area (TPSA) is 67.1 Å². The normalized spacial score (nSPS) is 11.8. The molecule has 90 valence electrons. The molecule has 0 aliphatic rings. The van der Waals surface area contributed by atoms with Crippen LogP contribution in [0.2, 0.25) is 0 Å². The molecule has 0 bridgehead atoms. The number of rotatable bonds is 5. The van der Waals surface area contributed by atoms with Gasteiger partial charge in [0, 0.05) is 13.1 Å². The molecule has 16 heavy (non-hydrogen) atoms. The Kier molecular flexibility index (Phi) is 4.06. The highest BCUT2D eigenvalue weighted by molar-refractivity contribution is 5.38. The first-order valence-electron chi connectivity index (χ1n) is 5.35. The van der Waals surface area contributed by atoms with E-state index in [1.807, 2.05) is 0 Å². The molecule has 0 amide bonds. The van der Waals surface area contributed by atoms with Crippen molar-refractivity contribution in [2.45, 2.75) is 13.8 Å². The highest BCUT2D eigenvalue weighted by atomic mass is 15.1. The lowest BCUT2D eigenvalue weighted by Crippen LogP contribution is -2.34. The average Bonchev–Trinajstić information content (AvgIpc) is 2.13. The van der Waals surface area contributed by atoms with Crippen LogP contribution >= 0.6 is 0 Å². The van der Waals surface area contributed by atoms with E-state index in [4.69, 9.17) is 5.73 Å². The lowest BCUT2D eigenvalue weighted by atomic mass is 9.93. The Bertz CT molecular complexity index is 335. The summed E-state index contributed by atoms with van der Waals surface area (Å²) in [6.45, 7) is 6.26. The Balaban J connectivity index is 2.50. The summed E-state index contributed by atoms with van der Waals surface area (Å²) in [5.41, 5.74) is 5.73. The molecule has 0 saturated carbocycles. The van der Waals surface area contributed by atoms with E-state index < -0.39 is 0 Å². The summed E-state index contributed by atoms with van der Waals surface area (Å²) >= 11 is 0. The number of nitrogens with zero attached hydrogens (tertiary/aromatic N) is 3. The van der Waals surface area contributed by atoms with Crippen molar-refractivity contribution in [2.24, 2.45) is 5.41 Å². The number of nitrogens with one attached hydrogen (secondary N) is 1. The van der Waals surface area contributed by atoms with E-state index in [1.54, 1.807) is 6.20 Å². The molecule has 1 heterocycles. The molecular formula is C11H21N5. The summed E-state index contributed by atoms with van der Waals surface area (Å²) in [7, 11) is 4.14. The summed E-state index contributed by atoms with van der Waals surface area (Å²) in [6.07, 6.45) is 3.22. The summed E-state index contributed by atoms with van der Waals surface area (Å²) in [6, 6.07) is 0. The van der Waals surface area contributed by atoms with Gasteiger partial charge in [0.15, 0.2) is 0 Å². The minimum absolute atomic E-state index is 0.176. The lowest BCUT2D eigenvalue weighted by Gasteiger charge is -2.28. The zero-order valence-electron chi connectivity index (χ0n) is 10.5. The van der Waals surface area contributed by atoms with Crippen molar-refractivity contribution >= 4 is 11.6 Å². The van der Waals surface area contributed by atoms with Gasteiger partial charge in [-0.15, -0.1) is 0 Å². The molecule has 0 spiro atoms. The van der Waals surface area contributed by atoms with Gasteiger partial charge in [0.1, 0.15) is 11.6 Å². The summed E-state index contributed by atoms with van der Waals surface area (Å²) in [5, 5.41) is 3.25. The molecule has 1 aromatic rings. The molecule has 5 heteroatoms. The third-order valence-electron chi connectivity index (χ3n) is 2.15. The van der Waals surface area contributed by atoms with E-state index in [0.717, 1.165) is 18.9 Å². The molecule has 1 rings (SSSR count). The minimum Gasteiger partial charge on any atom is -0.382 e. The van der Waals surface area contributed by atoms with Crippen molar-refractivity contribution in [1.29, 1.82) is 0 Å². The second-order valence-electron chi connectivity index (χ2n) is 5.08. The van der Waals surface area contributed by atoms with Gasteiger partial charge in [0.2, 0.25) is 0 Å². The number of nitrogen functional groups attached to an aromatic ring is 1. The van der Waals surface area contributed by atoms with E-state index in [-0.39, 0.29) is 5.41 Å². The van der Waals surface area contributed by atoms with Crippen LogP contribution in [-0.4, -0.2) is 42.1 Å². The number of hydrogen-bond acceptors (Lipinski definition) is 5. The van der Waals surface area contributed by atoms with Gasteiger partial charge in [-0.3, -0.25) is 4.98 Å². The van der Waals surface area contributed by atoms with Gasteiger partial charge >= 0.3 is 0 Å². The van der Waals surface area contributed by atoms with E-state index in [1.165, 1.54) is 6.20 Å². The van der Waals surface area contributed by atoms with Gasteiger partial charge in [-0.05, 0) is 19.5 Å². The molecule has 5 nitrogen and oxygen atoms in total. The van der Waals surface area contributed by atoms with Crippen LogP contribution in [0.1, 0.15) is 13.8 Å². The van der Waals surface area contributed by atoms with Gasteiger partial charge < -0.3 is 16.0 Å². The molecule has 0 unspecified atom stereocenters. The Labute approximate surface area is 97.1 Å². The molecule has 0 aromatic carbocycles. The maximum absolute atomic E-state index is 5.56. The standard InChI is InChI=1S/C11H21N5/c1-11(2,8-16(3)4)7-14-10-6-13-5-9(12)15-10/h5-6H,7-8H2,1-4H3,(H3,12,14,15). The Hall–Kier alpha value is -1.36. The third-order valence-corrected chi connectivity index (χ3v) is 2.15. The molecule has 3 N–H and O–H groups in total. The second-order valence-corrected chi connectivity index (χ2v) is 5.08. The van der Waals surface area contributed by atoms with Crippen LogP contribution in [0.15, 0.2) is 12.4 Å². The Morgan fingerprint density at radius 2 is 2.06 bits per heavy atom. The van der Waals surface area contributed by atoms with Crippen molar-refractivity contribution in [2.75, 3.05) is 38.2 Å². The molecule has 0 fully saturated rings. The van der Waals surface area contributed by atoms with Gasteiger partial charge in [0.25, 0.3) is 0 Å². The first kappa shape index (κ1) is 12.7. The monoisotopic (exact) mass is 223 g/mol. The fraction of sp³-hybridized carbons (Fsp3) is 0.636. The van der Waals surface area contributed by atoms with Crippen LogP contribution in [0.5, 0.6) is 0 Å². The van der Waals surface area contributed by atoms with Crippen LogP contribution in [0.4, 0.5) is 11.6 Å². The van der Waals surface area contributed by atoms with Gasteiger partial charge in [0.05, 0.1) is 12.4 Å². The predicted molar refractivity (Wildman–Crippen MR) is 67.3 cm³/mol. The Morgan fingerprint density at radius 1 is 1.38 bits per heavy atom. The number of aromatic nitrogens is 2. The van der Waals surface area contributed by atoms with E-state index in [9.17, 15) is 0 Å². The first-order chi connectivity index (χ1) is 7.39. The largest absolute Gasteiger partial charge is 0.382 e. The van der Waals surface area contributed by atoms with Crippen LogP contribution < -0.4 is 11.1 Å². The highest BCUT2D eigenvalue weighted by Crippen LogP contribution is 2.16. The minimum atomic E-state index is 0.176. The fourth-order valence-electron chi connectivity index (χ4n) is 1.71. The van der Waals surface area contributed by atoms with E-state index in [2.05, 4.69) is 48.1 Å². The lowest BCUT2D eigenvalue weighted by molar-refractivity contribution is 0.254. The van der Waals surface area contributed by atoms with Gasteiger partial charge in [-0.2, -0.15) is 0 Å². The zero-order chi connectivity index (χ0) is 12.2. The van der Waals surface area contributed by atoms with E-state index in [0.29, 0.717) is 5.82 Å². The molecule has 1 aromatic heterocycles. The fourth-order valence-corrected chi connectivity index (χ4v) is 1.71. The number of nitrogens with two attached hydrogens (primary N) is 1. The van der Waals surface area contributed by atoms with Crippen LogP contribution in [0.25, 0.3) is 0 Å². The highest BCUT2D eigenvalue weighted by Gasteiger charge is 2.18. The van der Waals surface area contributed by atoms with Gasteiger partial charge in [-0.1, -0.05) is 13.8 Å². The molecule has 0 saturated heterocycles. The average molecular weight is 223 g/mol. The third kappa shape index (κ3) is 4.44. The first-order valence-corrected chi connectivity index (χ1v) is 5.35.